The highest BCUT2D eigenvalue weighted by molar-refractivity contribution is 6.03. The van der Waals surface area contributed by atoms with E-state index >= 15 is 0 Å². The molecule has 0 radical (unpaired) electrons. The quantitative estimate of drug-likeness (QED) is 0.666. The number of pyridine rings is 1. The van der Waals surface area contributed by atoms with Crippen LogP contribution in [-0.4, -0.2) is 31.2 Å². The predicted octanol–water partition coefficient (Wildman–Crippen LogP) is 3.73. The predicted molar refractivity (Wildman–Crippen MR) is 110 cm³/mol. The number of hydrogen-bond donors (Lipinski definition) is 2. The zero-order valence-electron chi connectivity index (χ0n) is 16.0. The zero-order valence-corrected chi connectivity index (χ0v) is 16.0. The minimum absolute atomic E-state index is 0.289. The summed E-state index contributed by atoms with van der Waals surface area (Å²) in [6.07, 6.45) is 1.64. The molecule has 0 saturated heterocycles. The van der Waals surface area contributed by atoms with Gasteiger partial charge in [-0.05, 0) is 42.0 Å². The first-order valence-corrected chi connectivity index (χ1v) is 9.25. The molecule has 7 nitrogen and oxygen atoms in total. The molecule has 7 heteroatoms. The van der Waals surface area contributed by atoms with Crippen molar-refractivity contribution in [1.29, 1.82) is 0 Å². The molecule has 3 aromatic rings. The summed E-state index contributed by atoms with van der Waals surface area (Å²) in [4.78, 5) is 16.7. The maximum absolute atomic E-state index is 12.5. The highest BCUT2D eigenvalue weighted by Gasteiger charge is 2.14. The SMILES string of the molecule is COc1ccc(CNc2ccc(C(=O)Nc3ccc4c(c3)OCCO4)nc2)cc1. The third kappa shape index (κ3) is 4.57. The van der Waals surface area contributed by atoms with Gasteiger partial charge in [0.15, 0.2) is 11.5 Å². The van der Waals surface area contributed by atoms with Crippen LogP contribution in [0.2, 0.25) is 0 Å². The maximum atomic E-state index is 12.5. The normalized spacial score (nSPS) is 12.2. The number of carbonyl (C=O) groups excluding carboxylic acids is 1. The van der Waals surface area contributed by atoms with E-state index in [0.29, 0.717) is 42.6 Å². The summed E-state index contributed by atoms with van der Waals surface area (Å²) in [5.74, 6) is 1.84. The van der Waals surface area contributed by atoms with Crippen LogP contribution in [0.1, 0.15) is 16.1 Å². The Kier molecular flexibility index (Phi) is 5.47. The molecule has 0 fully saturated rings. The lowest BCUT2D eigenvalue weighted by atomic mass is 10.2. The maximum Gasteiger partial charge on any atom is 0.274 e. The van der Waals surface area contributed by atoms with Crippen LogP contribution in [0.5, 0.6) is 17.2 Å². The molecule has 2 N–H and O–H groups in total. The Morgan fingerprint density at radius 2 is 1.76 bits per heavy atom. The second kappa shape index (κ2) is 8.52. The van der Waals surface area contributed by atoms with Crippen molar-refractivity contribution in [2.45, 2.75) is 6.54 Å². The molecule has 4 rings (SSSR count). The van der Waals surface area contributed by atoms with Crippen LogP contribution in [0.15, 0.2) is 60.8 Å². The Hall–Kier alpha value is -3.74. The van der Waals surface area contributed by atoms with Crippen molar-refractivity contribution in [2.24, 2.45) is 0 Å². The van der Waals surface area contributed by atoms with Gasteiger partial charge in [-0.3, -0.25) is 4.79 Å². The zero-order chi connectivity index (χ0) is 20.1. The number of benzene rings is 2. The number of aromatic nitrogens is 1. The topological polar surface area (TPSA) is 81.7 Å². The van der Waals surface area contributed by atoms with Gasteiger partial charge in [-0.2, -0.15) is 0 Å². The Labute approximate surface area is 168 Å². The first-order chi connectivity index (χ1) is 14.2. The minimum Gasteiger partial charge on any atom is -0.497 e. The lowest BCUT2D eigenvalue weighted by Gasteiger charge is -2.19. The van der Waals surface area contributed by atoms with Crippen molar-refractivity contribution in [3.05, 3.63) is 72.1 Å². The fraction of sp³-hybridized carbons (Fsp3) is 0.182. The number of fused-ring (bicyclic) bond motifs is 1. The number of anilines is 2. The van der Waals surface area contributed by atoms with E-state index < -0.39 is 0 Å². The molecule has 1 amide bonds. The fourth-order valence-electron chi connectivity index (χ4n) is 2.90. The van der Waals surface area contributed by atoms with E-state index in [1.807, 2.05) is 30.3 Å². The van der Waals surface area contributed by atoms with Crippen LogP contribution < -0.4 is 24.8 Å². The molecule has 29 heavy (non-hydrogen) atoms. The largest absolute Gasteiger partial charge is 0.497 e. The van der Waals surface area contributed by atoms with E-state index in [2.05, 4.69) is 15.6 Å². The molecular weight excluding hydrogens is 370 g/mol. The van der Waals surface area contributed by atoms with Gasteiger partial charge >= 0.3 is 0 Å². The molecule has 2 aromatic carbocycles. The highest BCUT2D eigenvalue weighted by Crippen LogP contribution is 2.32. The van der Waals surface area contributed by atoms with E-state index in [0.717, 1.165) is 17.0 Å². The molecule has 1 aliphatic heterocycles. The number of rotatable bonds is 6. The molecule has 2 heterocycles. The van der Waals surface area contributed by atoms with E-state index in [9.17, 15) is 4.79 Å². The average molecular weight is 391 g/mol. The van der Waals surface area contributed by atoms with Crippen LogP contribution in [0.3, 0.4) is 0 Å². The molecule has 148 valence electrons. The lowest BCUT2D eigenvalue weighted by molar-refractivity contribution is 0.102. The van der Waals surface area contributed by atoms with Gasteiger partial charge in [0, 0.05) is 18.3 Å². The molecule has 1 aromatic heterocycles. The standard InChI is InChI=1S/C22H21N3O4/c1-27-18-6-2-15(3-7-18)13-23-17-4-8-19(24-14-17)22(26)25-16-5-9-20-21(12-16)29-11-10-28-20/h2-9,12,14,23H,10-11,13H2,1H3,(H,25,26). The van der Waals surface area contributed by atoms with Gasteiger partial charge < -0.3 is 24.8 Å². The Bertz CT molecular complexity index is 988. The van der Waals surface area contributed by atoms with Crippen molar-refractivity contribution in [3.8, 4) is 17.2 Å². The third-order valence-electron chi connectivity index (χ3n) is 4.45. The summed E-state index contributed by atoms with van der Waals surface area (Å²) in [6, 6.07) is 16.6. The van der Waals surface area contributed by atoms with Gasteiger partial charge in [0.2, 0.25) is 0 Å². The van der Waals surface area contributed by atoms with Gasteiger partial charge in [-0.15, -0.1) is 0 Å². The van der Waals surface area contributed by atoms with Crippen LogP contribution in [0, 0.1) is 0 Å². The average Bonchev–Trinajstić information content (AvgIpc) is 2.78. The van der Waals surface area contributed by atoms with Crippen LogP contribution >= 0.6 is 0 Å². The Morgan fingerprint density at radius 1 is 1.00 bits per heavy atom. The summed E-state index contributed by atoms with van der Waals surface area (Å²) in [5, 5.41) is 6.11. The van der Waals surface area contributed by atoms with E-state index in [4.69, 9.17) is 14.2 Å². The van der Waals surface area contributed by atoms with E-state index in [-0.39, 0.29) is 5.91 Å². The number of nitrogens with one attached hydrogen (secondary N) is 2. The number of hydrogen-bond acceptors (Lipinski definition) is 6. The highest BCUT2D eigenvalue weighted by atomic mass is 16.6. The van der Waals surface area contributed by atoms with Gasteiger partial charge in [-0.25, -0.2) is 4.98 Å². The summed E-state index contributed by atoms with van der Waals surface area (Å²) >= 11 is 0. The monoisotopic (exact) mass is 391 g/mol. The second-order valence-electron chi connectivity index (χ2n) is 6.45. The summed E-state index contributed by atoms with van der Waals surface area (Å²) in [5.41, 5.74) is 2.90. The van der Waals surface area contributed by atoms with Crippen molar-refractivity contribution >= 4 is 17.3 Å². The van der Waals surface area contributed by atoms with Crippen LogP contribution in [0.4, 0.5) is 11.4 Å². The molecule has 0 saturated carbocycles. The third-order valence-corrected chi connectivity index (χ3v) is 4.45. The minimum atomic E-state index is -0.289. The molecule has 0 spiro atoms. The van der Waals surface area contributed by atoms with Crippen LogP contribution in [0.25, 0.3) is 0 Å². The Balaban J connectivity index is 1.35. The van der Waals surface area contributed by atoms with Crippen molar-refractivity contribution in [1.82, 2.24) is 4.98 Å². The summed E-state index contributed by atoms with van der Waals surface area (Å²) in [6.45, 7) is 1.67. The smallest absolute Gasteiger partial charge is 0.274 e. The fourth-order valence-corrected chi connectivity index (χ4v) is 2.90. The number of carbonyl (C=O) groups is 1. The van der Waals surface area contributed by atoms with E-state index in [1.54, 1.807) is 37.6 Å². The van der Waals surface area contributed by atoms with Crippen molar-refractivity contribution in [2.75, 3.05) is 31.0 Å². The van der Waals surface area contributed by atoms with Gasteiger partial charge in [0.25, 0.3) is 5.91 Å². The second-order valence-corrected chi connectivity index (χ2v) is 6.45. The Morgan fingerprint density at radius 3 is 2.48 bits per heavy atom. The first-order valence-electron chi connectivity index (χ1n) is 9.25. The summed E-state index contributed by atoms with van der Waals surface area (Å²) in [7, 11) is 1.64. The van der Waals surface area contributed by atoms with Gasteiger partial charge in [0.05, 0.1) is 19.0 Å². The lowest BCUT2D eigenvalue weighted by Crippen LogP contribution is -2.17. The van der Waals surface area contributed by atoms with Crippen molar-refractivity contribution < 1.29 is 19.0 Å². The number of methoxy groups -OCH3 is 1. The van der Waals surface area contributed by atoms with Gasteiger partial charge in [0.1, 0.15) is 24.7 Å². The summed E-state index contributed by atoms with van der Waals surface area (Å²) < 4.78 is 16.2. The number of amides is 1. The van der Waals surface area contributed by atoms with Crippen LogP contribution in [-0.2, 0) is 6.54 Å². The first kappa shape index (κ1) is 18.6. The molecule has 0 bridgehead atoms. The number of nitrogens with zero attached hydrogens (tertiary/aromatic N) is 1. The molecular formula is C22H21N3O4. The molecule has 1 aliphatic rings. The molecule has 0 unspecified atom stereocenters. The number of ether oxygens (including phenoxy) is 3. The molecule has 0 atom stereocenters. The van der Waals surface area contributed by atoms with Gasteiger partial charge in [-0.1, -0.05) is 12.1 Å². The van der Waals surface area contributed by atoms with E-state index in [1.165, 1.54) is 0 Å². The molecule has 0 aliphatic carbocycles. The van der Waals surface area contributed by atoms with Crippen molar-refractivity contribution in [3.63, 3.8) is 0 Å².